The lowest BCUT2D eigenvalue weighted by molar-refractivity contribution is 0.178. The van der Waals surface area contributed by atoms with E-state index in [4.69, 9.17) is 5.73 Å². The molecule has 0 spiro atoms. The standard InChI is InChI=1S/C11H23N7/c1-3-4-10(9-12)17-5-7-18(8-6-17)11-13-14-15-16(11)2/h10H,3-9,12H2,1-2H3. The lowest BCUT2D eigenvalue weighted by Crippen LogP contribution is -2.52. The third kappa shape index (κ3) is 2.78. The second kappa shape index (κ2) is 6.10. The monoisotopic (exact) mass is 253 g/mol. The third-order valence-electron chi connectivity index (χ3n) is 3.61. The molecule has 1 aromatic rings. The molecule has 0 saturated carbocycles. The Labute approximate surface area is 108 Å². The number of hydrogen-bond acceptors (Lipinski definition) is 6. The highest BCUT2D eigenvalue weighted by Gasteiger charge is 2.24. The molecule has 0 bridgehead atoms. The molecular formula is C11H23N7. The molecule has 1 unspecified atom stereocenters. The summed E-state index contributed by atoms with van der Waals surface area (Å²) >= 11 is 0. The summed E-state index contributed by atoms with van der Waals surface area (Å²) in [6.45, 7) is 6.97. The fourth-order valence-electron chi connectivity index (χ4n) is 2.56. The Balaban J connectivity index is 1.90. The molecule has 102 valence electrons. The average Bonchev–Trinajstić information content (AvgIpc) is 2.82. The molecule has 1 aromatic heterocycles. The van der Waals surface area contributed by atoms with Gasteiger partial charge < -0.3 is 10.6 Å². The molecule has 2 N–H and O–H groups in total. The minimum atomic E-state index is 0.523. The normalized spacial score (nSPS) is 19.2. The Morgan fingerprint density at radius 2 is 2.00 bits per heavy atom. The van der Waals surface area contributed by atoms with Crippen LogP contribution in [0.2, 0.25) is 0 Å². The summed E-state index contributed by atoms with van der Waals surface area (Å²) in [4.78, 5) is 4.72. The van der Waals surface area contributed by atoms with Crippen LogP contribution in [0.3, 0.4) is 0 Å². The van der Waals surface area contributed by atoms with Crippen molar-refractivity contribution in [2.45, 2.75) is 25.8 Å². The van der Waals surface area contributed by atoms with Gasteiger partial charge in [0, 0.05) is 45.8 Å². The molecule has 18 heavy (non-hydrogen) atoms. The van der Waals surface area contributed by atoms with Gasteiger partial charge in [0.2, 0.25) is 5.95 Å². The first-order valence-electron chi connectivity index (χ1n) is 6.67. The van der Waals surface area contributed by atoms with E-state index >= 15 is 0 Å². The molecule has 1 atom stereocenters. The van der Waals surface area contributed by atoms with Crippen molar-refractivity contribution in [3.8, 4) is 0 Å². The predicted octanol–water partition coefficient (Wildman–Crippen LogP) is -0.540. The summed E-state index contributed by atoms with van der Waals surface area (Å²) in [5, 5.41) is 11.6. The molecule has 0 aromatic carbocycles. The largest absolute Gasteiger partial charge is 0.337 e. The van der Waals surface area contributed by atoms with Gasteiger partial charge in [-0.15, -0.1) is 0 Å². The van der Waals surface area contributed by atoms with E-state index in [0.29, 0.717) is 6.04 Å². The maximum Gasteiger partial charge on any atom is 0.245 e. The van der Waals surface area contributed by atoms with Crippen LogP contribution in [0.5, 0.6) is 0 Å². The molecule has 1 fully saturated rings. The average molecular weight is 253 g/mol. The number of nitrogens with two attached hydrogens (primary N) is 1. The van der Waals surface area contributed by atoms with Crippen LogP contribution in [0.4, 0.5) is 5.95 Å². The van der Waals surface area contributed by atoms with Gasteiger partial charge in [0.25, 0.3) is 0 Å². The highest BCUT2D eigenvalue weighted by molar-refractivity contribution is 5.28. The Kier molecular flexibility index (Phi) is 4.48. The highest BCUT2D eigenvalue weighted by Crippen LogP contribution is 2.14. The van der Waals surface area contributed by atoms with E-state index < -0.39 is 0 Å². The van der Waals surface area contributed by atoms with Crippen LogP contribution in [0.15, 0.2) is 0 Å². The molecule has 1 saturated heterocycles. The Hall–Kier alpha value is -1.21. The summed E-state index contributed by atoms with van der Waals surface area (Å²) in [6.07, 6.45) is 2.37. The molecule has 7 nitrogen and oxygen atoms in total. The summed E-state index contributed by atoms with van der Waals surface area (Å²) in [5.74, 6) is 0.856. The number of aryl methyl sites for hydroxylation is 1. The third-order valence-corrected chi connectivity index (χ3v) is 3.61. The minimum Gasteiger partial charge on any atom is -0.337 e. The van der Waals surface area contributed by atoms with Crippen LogP contribution < -0.4 is 10.6 Å². The molecule has 0 aliphatic carbocycles. The van der Waals surface area contributed by atoms with E-state index in [1.807, 2.05) is 7.05 Å². The summed E-state index contributed by atoms with van der Waals surface area (Å²) in [6, 6.07) is 0.523. The number of piperazine rings is 1. The van der Waals surface area contributed by atoms with Crippen LogP contribution in [0.25, 0.3) is 0 Å². The van der Waals surface area contributed by atoms with Crippen molar-refractivity contribution in [3.05, 3.63) is 0 Å². The molecule has 0 radical (unpaired) electrons. The van der Waals surface area contributed by atoms with Crippen molar-refractivity contribution in [3.63, 3.8) is 0 Å². The Morgan fingerprint density at radius 3 is 2.50 bits per heavy atom. The molecule has 2 rings (SSSR count). The molecule has 2 heterocycles. The van der Waals surface area contributed by atoms with Gasteiger partial charge in [-0.05, 0) is 16.8 Å². The molecular weight excluding hydrogens is 230 g/mol. The van der Waals surface area contributed by atoms with Crippen LogP contribution >= 0.6 is 0 Å². The number of aromatic nitrogens is 4. The fraction of sp³-hybridized carbons (Fsp3) is 0.909. The van der Waals surface area contributed by atoms with Crippen LogP contribution in [-0.4, -0.2) is 63.9 Å². The van der Waals surface area contributed by atoms with Crippen molar-refractivity contribution in [1.82, 2.24) is 25.1 Å². The Morgan fingerprint density at radius 1 is 1.28 bits per heavy atom. The molecule has 7 heteroatoms. The van der Waals surface area contributed by atoms with E-state index in [0.717, 1.165) is 38.7 Å². The van der Waals surface area contributed by atoms with Gasteiger partial charge in [0.05, 0.1) is 0 Å². The minimum absolute atomic E-state index is 0.523. The summed E-state index contributed by atoms with van der Waals surface area (Å²) < 4.78 is 1.72. The first-order chi connectivity index (χ1) is 8.76. The van der Waals surface area contributed by atoms with E-state index in [2.05, 4.69) is 32.2 Å². The number of nitrogens with zero attached hydrogens (tertiary/aromatic N) is 6. The van der Waals surface area contributed by atoms with Crippen molar-refractivity contribution in [2.75, 3.05) is 37.6 Å². The zero-order chi connectivity index (χ0) is 13.0. The van der Waals surface area contributed by atoms with Gasteiger partial charge in [-0.3, -0.25) is 4.90 Å². The molecule has 0 amide bonds. The second-order valence-electron chi connectivity index (χ2n) is 4.80. The van der Waals surface area contributed by atoms with Gasteiger partial charge >= 0.3 is 0 Å². The van der Waals surface area contributed by atoms with E-state index in [9.17, 15) is 0 Å². The SMILES string of the molecule is CCCC(CN)N1CCN(c2nnnn2C)CC1. The van der Waals surface area contributed by atoms with Crippen LogP contribution in [-0.2, 0) is 7.05 Å². The zero-order valence-electron chi connectivity index (χ0n) is 11.3. The highest BCUT2D eigenvalue weighted by atomic mass is 15.6. The molecule has 1 aliphatic heterocycles. The van der Waals surface area contributed by atoms with Gasteiger partial charge in [-0.2, -0.15) is 0 Å². The fourth-order valence-corrected chi connectivity index (χ4v) is 2.56. The van der Waals surface area contributed by atoms with Crippen molar-refractivity contribution >= 4 is 5.95 Å². The first kappa shape index (κ1) is 13.2. The van der Waals surface area contributed by atoms with Gasteiger partial charge in [0.1, 0.15) is 0 Å². The van der Waals surface area contributed by atoms with Gasteiger partial charge in [-0.25, -0.2) is 4.68 Å². The topological polar surface area (TPSA) is 76.1 Å². The van der Waals surface area contributed by atoms with Gasteiger partial charge in [-0.1, -0.05) is 18.4 Å². The van der Waals surface area contributed by atoms with Crippen molar-refractivity contribution in [1.29, 1.82) is 0 Å². The lowest BCUT2D eigenvalue weighted by atomic mass is 10.1. The number of rotatable bonds is 5. The number of tetrazole rings is 1. The van der Waals surface area contributed by atoms with E-state index in [-0.39, 0.29) is 0 Å². The van der Waals surface area contributed by atoms with E-state index in [1.54, 1.807) is 4.68 Å². The van der Waals surface area contributed by atoms with Crippen LogP contribution in [0.1, 0.15) is 19.8 Å². The summed E-state index contributed by atoms with van der Waals surface area (Å²) in [7, 11) is 1.88. The van der Waals surface area contributed by atoms with Crippen LogP contribution in [0, 0.1) is 0 Å². The first-order valence-corrected chi connectivity index (χ1v) is 6.67. The number of hydrogen-bond donors (Lipinski definition) is 1. The number of anilines is 1. The maximum atomic E-state index is 5.85. The molecule has 1 aliphatic rings. The lowest BCUT2D eigenvalue weighted by Gasteiger charge is -2.38. The second-order valence-corrected chi connectivity index (χ2v) is 4.80. The van der Waals surface area contributed by atoms with E-state index in [1.165, 1.54) is 12.8 Å². The zero-order valence-corrected chi connectivity index (χ0v) is 11.3. The van der Waals surface area contributed by atoms with Gasteiger partial charge in [0.15, 0.2) is 0 Å². The summed E-state index contributed by atoms with van der Waals surface area (Å²) in [5.41, 5.74) is 5.85. The Bertz CT molecular complexity index is 356. The smallest absolute Gasteiger partial charge is 0.245 e. The van der Waals surface area contributed by atoms with Crippen molar-refractivity contribution in [2.24, 2.45) is 12.8 Å². The quantitative estimate of drug-likeness (QED) is 0.759. The maximum absolute atomic E-state index is 5.85. The van der Waals surface area contributed by atoms with Crippen molar-refractivity contribution < 1.29 is 0 Å². The predicted molar refractivity (Wildman–Crippen MR) is 70.3 cm³/mol.